The number of hydrogen-bond acceptors (Lipinski definition) is 3. The molecule has 0 saturated heterocycles. The van der Waals surface area contributed by atoms with Crippen LogP contribution in [0.2, 0.25) is 0 Å². The number of nitro groups is 1. The van der Waals surface area contributed by atoms with Crippen molar-refractivity contribution in [3.05, 3.63) is 46.3 Å². The molecule has 0 spiro atoms. The minimum absolute atomic E-state index is 0.186. The van der Waals surface area contributed by atoms with Gasteiger partial charge >= 0.3 is 0 Å². The highest BCUT2D eigenvalue weighted by atomic mass is 16.6. The lowest BCUT2D eigenvalue weighted by molar-refractivity contribution is -0.418. The van der Waals surface area contributed by atoms with Crippen molar-refractivity contribution in [2.24, 2.45) is 5.73 Å². The monoisotopic (exact) mass is 184 g/mol. The SMILES string of the molecule is C=C(N)/C(C)=C\C(=C)[N+](=O)[O-].CC. The Hall–Kier alpha value is -1.58. The van der Waals surface area contributed by atoms with E-state index in [2.05, 4.69) is 13.2 Å². The van der Waals surface area contributed by atoms with Crippen molar-refractivity contribution >= 4 is 0 Å². The molecule has 2 N–H and O–H groups in total. The van der Waals surface area contributed by atoms with Crippen LogP contribution in [0.4, 0.5) is 0 Å². The second-order valence-electron chi connectivity index (χ2n) is 2.10. The predicted octanol–water partition coefficient (Wildman–Crippen LogP) is 2.22. The third-order valence-corrected chi connectivity index (χ3v) is 1.12. The van der Waals surface area contributed by atoms with Gasteiger partial charge < -0.3 is 5.73 Å². The summed E-state index contributed by atoms with van der Waals surface area (Å²) in [7, 11) is 0. The summed E-state index contributed by atoms with van der Waals surface area (Å²) in [5.74, 6) is 0. The predicted molar refractivity (Wildman–Crippen MR) is 54.6 cm³/mol. The van der Waals surface area contributed by atoms with Crippen LogP contribution in [0, 0.1) is 10.1 Å². The topological polar surface area (TPSA) is 69.2 Å². The lowest BCUT2D eigenvalue weighted by Gasteiger charge is -1.95. The van der Waals surface area contributed by atoms with Gasteiger partial charge in [0.15, 0.2) is 0 Å². The lowest BCUT2D eigenvalue weighted by atomic mass is 10.2. The molecule has 74 valence electrons. The van der Waals surface area contributed by atoms with Crippen LogP contribution in [0.25, 0.3) is 0 Å². The molecule has 0 saturated carbocycles. The molecule has 0 aromatic heterocycles. The number of rotatable bonds is 3. The first-order valence-electron chi connectivity index (χ1n) is 3.91. The molecule has 0 aromatic rings. The van der Waals surface area contributed by atoms with Crippen molar-refractivity contribution < 1.29 is 4.92 Å². The lowest BCUT2D eigenvalue weighted by Crippen LogP contribution is -1.99. The molecular weight excluding hydrogens is 168 g/mol. The van der Waals surface area contributed by atoms with E-state index in [1.54, 1.807) is 6.92 Å². The van der Waals surface area contributed by atoms with E-state index in [0.29, 0.717) is 11.3 Å². The molecule has 0 rings (SSSR count). The van der Waals surface area contributed by atoms with Gasteiger partial charge in [-0.2, -0.15) is 0 Å². The van der Waals surface area contributed by atoms with E-state index >= 15 is 0 Å². The summed E-state index contributed by atoms with van der Waals surface area (Å²) in [6, 6.07) is 0. The van der Waals surface area contributed by atoms with Gasteiger partial charge in [-0.1, -0.05) is 20.4 Å². The molecule has 0 heterocycles. The van der Waals surface area contributed by atoms with Gasteiger partial charge in [-0.05, 0) is 19.1 Å². The van der Waals surface area contributed by atoms with Crippen molar-refractivity contribution in [2.45, 2.75) is 20.8 Å². The fourth-order valence-electron chi connectivity index (χ4n) is 0.395. The highest BCUT2D eigenvalue weighted by molar-refractivity contribution is 5.28. The average molecular weight is 184 g/mol. The summed E-state index contributed by atoms with van der Waals surface area (Å²) in [6.45, 7) is 12.3. The molecule has 0 fully saturated rings. The third kappa shape index (κ3) is 6.80. The second-order valence-corrected chi connectivity index (χ2v) is 2.10. The van der Waals surface area contributed by atoms with Gasteiger partial charge in [-0.25, -0.2) is 0 Å². The number of nitrogens with zero attached hydrogens (tertiary/aromatic N) is 1. The second kappa shape index (κ2) is 7.09. The van der Waals surface area contributed by atoms with Crippen LogP contribution in [0.1, 0.15) is 20.8 Å². The first-order valence-corrected chi connectivity index (χ1v) is 3.91. The number of allylic oxidation sites excluding steroid dienone is 2. The Labute approximate surface area is 78.6 Å². The Kier molecular flexibility index (Phi) is 7.62. The Morgan fingerprint density at radius 2 is 1.85 bits per heavy atom. The van der Waals surface area contributed by atoms with Crippen molar-refractivity contribution in [3.63, 3.8) is 0 Å². The molecule has 4 nitrogen and oxygen atoms in total. The fourth-order valence-corrected chi connectivity index (χ4v) is 0.395. The molecule has 0 bridgehead atoms. The molecule has 0 aromatic carbocycles. The van der Waals surface area contributed by atoms with Gasteiger partial charge in [0.2, 0.25) is 0 Å². The molecule has 0 radical (unpaired) electrons. The van der Waals surface area contributed by atoms with Crippen LogP contribution >= 0.6 is 0 Å². The van der Waals surface area contributed by atoms with Crippen molar-refractivity contribution in [1.82, 2.24) is 0 Å². The normalized spacial score (nSPS) is 9.62. The summed E-state index contributed by atoms with van der Waals surface area (Å²) < 4.78 is 0. The first-order chi connectivity index (χ1) is 5.95. The quantitative estimate of drug-likeness (QED) is 0.415. The minimum Gasteiger partial charge on any atom is -0.399 e. The van der Waals surface area contributed by atoms with Gasteiger partial charge in [0, 0.05) is 11.8 Å². The molecule has 0 aliphatic carbocycles. The Bertz CT molecular complexity index is 242. The van der Waals surface area contributed by atoms with Crippen molar-refractivity contribution in [1.29, 1.82) is 0 Å². The van der Waals surface area contributed by atoms with Gasteiger partial charge in [0.25, 0.3) is 5.70 Å². The van der Waals surface area contributed by atoms with Crippen LogP contribution in [-0.2, 0) is 0 Å². The molecule has 0 aliphatic rings. The molecule has 0 unspecified atom stereocenters. The maximum absolute atomic E-state index is 10.0. The van der Waals surface area contributed by atoms with E-state index in [4.69, 9.17) is 5.73 Å². The smallest absolute Gasteiger partial charge is 0.262 e. The molecule has 0 aliphatic heterocycles. The molecular formula is C9H16N2O2. The van der Waals surface area contributed by atoms with Crippen LogP contribution in [0.15, 0.2) is 36.2 Å². The van der Waals surface area contributed by atoms with Crippen LogP contribution in [-0.4, -0.2) is 4.92 Å². The van der Waals surface area contributed by atoms with Crippen molar-refractivity contribution in [2.75, 3.05) is 0 Å². The van der Waals surface area contributed by atoms with Gasteiger partial charge in [0.1, 0.15) is 0 Å². The van der Waals surface area contributed by atoms with E-state index in [9.17, 15) is 10.1 Å². The van der Waals surface area contributed by atoms with Gasteiger partial charge in [-0.3, -0.25) is 10.1 Å². The summed E-state index contributed by atoms with van der Waals surface area (Å²) in [6.07, 6.45) is 1.28. The first kappa shape index (κ1) is 14.0. The fraction of sp³-hybridized carbons (Fsp3) is 0.333. The highest BCUT2D eigenvalue weighted by Crippen LogP contribution is 2.04. The Morgan fingerprint density at radius 1 is 1.46 bits per heavy atom. The number of nitrogens with two attached hydrogens (primary N) is 1. The largest absolute Gasteiger partial charge is 0.399 e. The van der Waals surface area contributed by atoms with Crippen molar-refractivity contribution in [3.8, 4) is 0 Å². The summed E-state index contributed by atoms with van der Waals surface area (Å²) in [5.41, 5.74) is 5.95. The van der Waals surface area contributed by atoms with Crippen LogP contribution in [0.3, 0.4) is 0 Å². The Balaban J connectivity index is 0. The van der Waals surface area contributed by atoms with E-state index in [1.807, 2.05) is 13.8 Å². The zero-order valence-corrected chi connectivity index (χ0v) is 8.33. The van der Waals surface area contributed by atoms with Gasteiger partial charge in [0.05, 0.1) is 4.92 Å². The van der Waals surface area contributed by atoms with E-state index in [0.717, 1.165) is 0 Å². The summed E-state index contributed by atoms with van der Waals surface area (Å²) >= 11 is 0. The standard InChI is InChI=1S/C7H10N2O2.C2H6/c1-5(7(3)8)4-6(2)9(10)11;1-2/h4H,2-3,8H2,1H3;1-2H3/b5-4-;. The summed E-state index contributed by atoms with van der Waals surface area (Å²) in [4.78, 5) is 9.47. The zero-order chi connectivity index (χ0) is 11.0. The minimum atomic E-state index is -0.577. The third-order valence-electron chi connectivity index (χ3n) is 1.12. The molecule has 0 atom stereocenters. The molecule has 4 heteroatoms. The maximum Gasteiger partial charge on any atom is 0.262 e. The maximum atomic E-state index is 10.0. The molecule has 0 amide bonds. The Morgan fingerprint density at radius 3 is 2.08 bits per heavy atom. The number of hydrogen-bond donors (Lipinski definition) is 1. The average Bonchev–Trinajstić information content (AvgIpc) is 2.07. The highest BCUT2D eigenvalue weighted by Gasteiger charge is 2.02. The van der Waals surface area contributed by atoms with E-state index in [1.165, 1.54) is 6.08 Å². The zero-order valence-electron chi connectivity index (χ0n) is 8.33. The van der Waals surface area contributed by atoms with E-state index < -0.39 is 4.92 Å². The summed E-state index contributed by atoms with van der Waals surface area (Å²) in [5, 5.41) is 10.0. The van der Waals surface area contributed by atoms with Crippen LogP contribution in [0.5, 0.6) is 0 Å². The van der Waals surface area contributed by atoms with Crippen LogP contribution < -0.4 is 5.73 Å². The molecule has 13 heavy (non-hydrogen) atoms. The van der Waals surface area contributed by atoms with E-state index in [-0.39, 0.29) is 5.70 Å². The van der Waals surface area contributed by atoms with Gasteiger partial charge in [-0.15, -0.1) is 0 Å².